The number of pyridine rings is 1. The molecule has 1 unspecified atom stereocenters. The molecule has 1 fully saturated rings. The monoisotopic (exact) mass is 410 g/mol. The third kappa shape index (κ3) is 3.61. The van der Waals surface area contributed by atoms with E-state index in [1.54, 1.807) is 47.6 Å². The molecule has 1 aromatic carbocycles. The van der Waals surface area contributed by atoms with E-state index in [1.165, 1.54) is 4.90 Å². The van der Waals surface area contributed by atoms with Gasteiger partial charge in [-0.1, -0.05) is 0 Å². The number of nitrogens with one attached hydrogen (secondary N) is 1. The number of aliphatic hydroxyl groups is 1. The number of rotatable bonds is 6. The van der Waals surface area contributed by atoms with Crippen molar-refractivity contribution >= 4 is 17.4 Å². The van der Waals surface area contributed by atoms with E-state index in [0.717, 1.165) is 18.5 Å². The van der Waals surface area contributed by atoms with Crippen LogP contribution in [0.3, 0.4) is 0 Å². The normalized spacial score (nSPS) is 19.7. The number of hydrogen-bond acceptors (Lipinski definition) is 6. The molecule has 1 saturated heterocycles. The molecule has 0 aliphatic carbocycles. The minimum absolute atomic E-state index is 0.0715. The largest absolute Gasteiger partial charge is 0.507 e. The van der Waals surface area contributed by atoms with Gasteiger partial charge in [-0.15, -0.1) is 0 Å². The molecule has 1 atom stereocenters. The minimum atomic E-state index is -0.691. The van der Waals surface area contributed by atoms with Gasteiger partial charge in [0.15, 0.2) is 11.5 Å². The molecule has 156 valence electrons. The van der Waals surface area contributed by atoms with Gasteiger partial charge in [0.1, 0.15) is 5.76 Å². The topological polar surface area (TPSA) is 93.4 Å². The predicted molar refractivity (Wildman–Crippen MR) is 108 cm³/mol. The summed E-state index contributed by atoms with van der Waals surface area (Å²) < 4.78 is 10.7. The highest BCUT2D eigenvalue weighted by atomic mass is 16.7. The lowest BCUT2D eigenvalue weighted by molar-refractivity contribution is -0.858. The van der Waals surface area contributed by atoms with Crippen molar-refractivity contribution < 1.29 is 29.1 Å². The SMILES string of the molecule is C[NH+](C)CCCN1C(=O)C(=O)C(=C(O)c2ccc3c(c2)OCO3)C1c1ccncc1. The number of carbonyl (C=O) groups is 2. The lowest BCUT2D eigenvalue weighted by atomic mass is 9.96. The standard InChI is InChI=1S/C22H23N3O5/c1-24(2)10-3-11-25-19(14-6-8-23-9-7-14)18(21(27)22(25)28)20(26)15-4-5-16-17(12-15)30-13-29-16/h4-9,12,19,26H,3,10-11,13H2,1-2H3/p+1. The number of aromatic nitrogens is 1. The fourth-order valence-electron chi connectivity index (χ4n) is 3.81. The molecule has 0 spiro atoms. The molecule has 0 radical (unpaired) electrons. The maximum Gasteiger partial charge on any atom is 0.295 e. The van der Waals surface area contributed by atoms with Gasteiger partial charge in [0.25, 0.3) is 11.7 Å². The van der Waals surface area contributed by atoms with Gasteiger partial charge < -0.3 is 24.4 Å². The third-order valence-electron chi connectivity index (χ3n) is 5.28. The summed E-state index contributed by atoms with van der Waals surface area (Å²) in [5.41, 5.74) is 1.19. The number of aliphatic hydroxyl groups excluding tert-OH is 1. The summed E-state index contributed by atoms with van der Waals surface area (Å²) in [4.78, 5) is 32.7. The van der Waals surface area contributed by atoms with Crippen LogP contribution in [0.25, 0.3) is 5.76 Å². The van der Waals surface area contributed by atoms with Gasteiger partial charge in [0, 0.05) is 30.9 Å². The lowest BCUT2D eigenvalue weighted by Crippen LogP contribution is -3.05. The maximum absolute atomic E-state index is 13.0. The number of quaternary nitrogens is 1. The average molecular weight is 410 g/mol. The number of ketones is 1. The van der Waals surface area contributed by atoms with E-state index in [-0.39, 0.29) is 18.1 Å². The first kappa shape index (κ1) is 19.9. The van der Waals surface area contributed by atoms with Crippen molar-refractivity contribution in [1.29, 1.82) is 0 Å². The van der Waals surface area contributed by atoms with Crippen molar-refractivity contribution in [3.05, 3.63) is 59.4 Å². The Hall–Kier alpha value is -3.39. The lowest BCUT2D eigenvalue weighted by Gasteiger charge is -2.25. The zero-order chi connectivity index (χ0) is 21.3. The molecular weight excluding hydrogens is 386 g/mol. The van der Waals surface area contributed by atoms with E-state index in [0.29, 0.717) is 23.6 Å². The van der Waals surface area contributed by atoms with E-state index < -0.39 is 17.7 Å². The second kappa shape index (κ2) is 8.16. The van der Waals surface area contributed by atoms with Crippen LogP contribution >= 0.6 is 0 Å². The van der Waals surface area contributed by atoms with Crippen molar-refractivity contribution in [2.45, 2.75) is 12.5 Å². The first-order chi connectivity index (χ1) is 14.5. The van der Waals surface area contributed by atoms with E-state index >= 15 is 0 Å². The van der Waals surface area contributed by atoms with Crippen LogP contribution < -0.4 is 14.4 Å². The van der Waals surface area contributed by atoms with E-state index in [9.17, 15) is 14.7 Å². The summed E-state index contributed by atoms with van der Waals surface area (Å²) >= 11 is 0. The Morgan fingerprint density at radius 3 is 2.63 bits per heavy atom. The fourth-order valence-corrected chi connectivity index (χ4v) is 3.81. The smallest absolute Gasteiger partial charge is 0.295 e. The molecule has 8 nitrogen and oxygen atoms in total. The highest BCUT2D eigenvalue weighted by molar-refractivity contribution is 6.46. The quantitative estimate of drug-likeness (QED) is 0.415. The Morgan fingerprint density at radius 2 is 1.90 bits per heavy atom. The molecule has 4 rings (SSSR count). The zero-order valence-corrected chi connectivity index (χ0v) is 16.9. The van der Waals surface area contributed by atoms with Crippen LogP contribution in [-0.4, -0.2) is 60.7 Å². The van der Waals surface area contributed by atoms with Gasteiger partial charge in [-0.25, -0.2) is 0 Å². The number of nitrogens with zero attached hydrogens (tertiary/aromatic N) is 2. The number of ether oxygens (including phenoxy) is 2. The molecular formula is C22H24N3O5+. The first-order valence-electron chi connectivity index (χ1n) is 9.84. The molecule has 2 aliphatic rings. The van der Waals surface area contributed by atoms with Crippen LogP contribution in [0.5, 0.6) is 11.5 Å². The summed E-state index contributed by atoms with van der Waals surface area (Å²) in [7, 11) is 4.07. The van der Waals surface area contributed by atoms with Crippen LogP contribution in [0.15, 0.2) is 48.3 Å². The molecule has 0 saturated carbocycles. The van der Waals surface area contributed by atoms with Crippen molar-refractivity contribution in [3.63, 3.8) is 0 Å². The third-order valence-corrected chi connectivity index (χ3v) is 5.28. The van der Waals surface area contributed by atoms with Crippen molar-refractivity contribution in [1.82, 2.24) is 9.88 Å². The molecule has 1 aromatic heterocycles. The Bertz CT molecular complexity index is 1000. The van der Waals surface area contributed by atoms with E-state index in [4.69, 9.17) is 9.47 Å². The number of benzene rings is 1. The number of carbonyl (C=O) groups excluding carboxylic acids is 2. The number of fused-ring (bicyclic) bond motifs is 1. The van der Waals surface area contributed by atoms with Crippen molar-refractivity contribution in [2.75, 3.05) is 34.0 Å². The van der Waals surface area contributed by atoms with Crippen LogP contribution in [0.4, 0.5) is 0 Å². The summed E-state index contributed by atoms with van der Waals surface area (Å²) in [6.07, 6.45) is 3.96. The molecule has 2 aliphatic heterocycles. The summed E-state index contributed by atoms with van der Waals surface area (Å²) in [6, 6.07) is 7.78. The van der Waals surface area contributed by atoms with Crippen molar-refractivity contribution in [2.24, 2.45) is 0 Å². The predicted octanol–water partition coefficient (Wildman–Crippen LogP) is 0.767. The summed E-state index contributed by atoms with van der Waals surface area (Å²) in [6.45, 7) is 1.38. The van der Waals surface area contributed by atoms with Gasteiger partial charge in [-0.05, 0) is 35.9 Å². The Balaban J connectivity index is 1.77. The highest BCUT2D eigenvalue weighted by Crippen LogP contribution is 2.41. The summed E-state index contributed by atoms with van der Waals surface area (Å²) in [5, 5.41) is 11.1. The van der Waals surface area contributed by atoms with Gasteiger partial charge in [0.2, 0.25) is 6.79 Å². The Kier molecular flexibility index (Phi) is 5.41. The first-order valence-corrected chi connectivity index (χ1v) is 9.84. The van der Waals surface area contributed by atoms with Crippen LogP contribution in [0, 0.1) is 0 Å². The van der Waals surface area contributed by atoms with E-state index in [2.05, 4.69) is 4.98 Å². The second-order valence-electron chi connectivity index (χ2n) is 7.65. The molecule has 1 amide bonds. The Morgan fingerprint density at radius 1 is 1.17 bits per heavy atom. The number of Topliss-reactive ketones (excluding diaryl/α,β-unsaturated/α-hetero) is 1. The molecule has 8 heteroatoms. The van der Waals surface area contributed by atoms with Gasteiger partial charge in [-0.3, -0.25) is 14.6 Å². The zero-order valence-electron chi connectivity index (χ0n) is 16.9. The fraction of sp³-hybridized carbons (Fsp3) is 0.318. The molecule has 2 N–H and O–H groups in total. The van der Waals surface area contributed by atoms with Gasteiger partial charge in [-0.2, -0.15) is 0 Å². The average Bonchev–Trinajstić information content (AvgIpc) is 3.31. The highest BCUT2D eigenvalue weighted by Gasteiger charge is 2.45. The number of likely N-dealkylation sites (tertiary alicyclic amines) is 1. The minimum Gasteiger partial charge on any atom is -0.507 e. The summed E-state index contributed by atoms with van der Waals surface area (Å²) in [5.74, 6) is -0.460. The second-order valence-corrected chi connectivity index (χ2v) is 7.65. The van der Waals surface area contributed by atoms with Crippen molar-refractivity contribution in [3.8, 4) is 11.5 Å². The molecule has 0 bridgehead atoms. The van der Waals surface area contributed by atoms with Crippen LogP contribution in [0.1, 0.15) is 23.6 Å². The Labute approximate surface area is 174 Å². The van der Waals surface area contributed by atoms with Gasteiger partial charge >= 0.3 is 0 Å². The molecule has 30 heavy (non-hydrogen) atoms. The number of hydrogen-bond donors (Lipinski definition) is 2. The molecule has 3 heterocycles. The van der Waals surface area contributed by atoms with Crippen LogP contribution in [0.2, 0.25) is 0 Å². The van der Waals surface area contributed by atoms with E-state index in [1.807, 2.05) is 14.1 Å². The molecule has 2 aromatic rings. The van der Waals surface area contributed by atoms with Crippen LogP contribution in [-0.2, 0) is 9.59 Å². The maximum atomic E-state index is 13.0. The number of amides is 1. The van der Waals surface area contributed by atoms with Gasteiger partial charge in [0.05, 0.1) is 32.3 Å².